The van der Waals surface area contributed by atoms with Gasteiger partial charge in [0, 0.05) is 12.1 Å². The van der Waals surface area contributed by atoms with E-state index in [1.807, 2.05) is 13.8 Å². The predicted molar refractivity (Wildman–Crippen MR) is 75.4 cm³/mol. The van der Waals surface area contributed by atoms with Gasteiger partial charge in [-0.1, -0.05) is 0 Å². The first-order valence-corrected chi connectivity index (χ1v) is 6.83. The third-order valence-electron chi connectivity index (χ3n) is 3.06. The molecular formula is C15H21F2NO3. The number of hydrogen-bond donors (Lipinski definition) is 2. The summed E-state index contributed by atoms with van der Waals surface area (Å²) < 4.78 is 31.0. The maximum absolute atomic E-state index is 13.0. The van der Waals surface area contributed by atoms with Crippen molar-refractivity contribution in [1.82, 2.24) is 5.32 Å². The molecule has 0 bridgehead atoms. The molecule has 0 spiro atoms. The Bertz CT molecular complexity index is 494. The van der Waals surface area contributed by atoms with Crippen LogP contribution in [0, 0.1) is 11.6 Å². The van der Waals surface area contributed by atoms with Gasteiger partial charge in [0.05, 0.1) is 6.61 Å². The Morgan fingerprint density at radius 1 is 1.38 bits per heavy atom. The largest absolute Gasteiger partial charge is 0.493 e. The summed E-state index contributed by atoms with van der Waals surface area (Å²) in [5.74, 6) is -2.60. The standard InChI is InChI=1S/C15H21F2NO3/c1-10(2)18-15(3,14(19)20)7-4-8-21-11-5-6-12(16)13(17)9-11/h5-6,9-10,18H,4,7-8H2,1-3H3,(H,19,20). The lowest BCUT2D eigenvalue weighted by Crippen LogP contribution is -2.52. The van der Waals surface area contributed by atoms with E-state index in [9.17, 15) is 18.7 Å². The van der Waals surface area contributed by atoms with Gasteiger partial charge >= 0.3 is 5.97 Å². The summed E-state index contributed by atoms with van der Waals surface area (Å²) in [6.45, 7) is 5.60. The SMILES string of the molecule is CC(C)NC(C)(CCCOc1ccc(F)c(F)c1)C(=O)O. The van der Waals surface area contributed by atoms with Crippen LogP contribution in [0.15, 0.2) is 18.2 Å². The molecule has 0 saturated carbocycles. The quantitative estimate of drug-likeness (QED) is 0.725. The minimum atomic E-state index is -1.04. The van der Waals surface area contributed by atoms with Crippen LogP contribution in [0.3, 0.4) is 0 Å². The van der Waals surface area contributed by atoms with E-state index < -0.39 is 23.1 Å². The Labute approximate surface area is 123 Å². The maximum atomic E-state index is 13.0. The van der Waals surface area contributed by atoms with Gasteiger partial charge in [-0.2, -0.15) is 0 Å². The van der Waals surface area contributed by atoms with Crippen molar-refractivity contribution in [2.75, 3.05) is 6.61 Å². The number of hydrogen-bond acceptors (Lipinski definition) is 3. The van der Waals surface area contributed by atoms with E-state index in [4.69, 9.17) is 4.74 Å². The first kappa shape index (κ1) is 17.4. The van der Waals surface area contributed by atoms with Gasteiger partial charge in [-0.25, -0.2) is 8.78 Å². The van der Waals surface area contributed by atoms with Crippen LogP contribution in [-0.4, -0.2) is 29.3 Å². The number of carbonyl (C=O) groups is 1. The zero-order valence-electron chi connectivity index (χ0n) is 12.5. The molecule has 21 heavy (non-hydrogen) atoms. The molecule has 1 aromatic carbocycles. The first-order valence-electron chi connectivity index (χ1n) is 6.83. The molecular weight excluding hydrogens is 280 g/mol. The number of carboxylic acid groups (broad SMARTS) is 1. The zero-order chi connectivity index (χ0) is 16.0. The normalized spacial score (nSPS) is 14.0. The Kier molecular flexibility index (Phi) is 6.08. The fourth-order valence-electron chi connectivity index (χ4n) is 2.06. The third kappa shape index (κ3) is 5.30. The van der Waals surface area contributed by atoms with Gasteiger partial charge in [-0.3, -0.25) is 10.1 Å². The van der Waals surface area contributed by atoms with Crippen molar-refractivity contribution in [2.24, 2.45) is 0 Å². The molecule has 0 aromatic heterocycles. The fourth-order valence-corrected chi connectivity index (χ4v) is 2.06. The summed E-state index contributed by atoms with van der Waals surface area (Å²) in [4.78, 5) is 11.3. The van der Waals surface area contributed by atoms with Gasteiger partial charge in [0.25, 0.3) is 0 Å². The molecule has 0 saturated heterocycles. The van der Waals surface area contributed by atoms with Crippen molar-refractivity contribution < 1.29 is 23.4 Å². The van der Waals surface area contributed by atoms with Crippen molar-refractivity contribution in [1.29, 1.82) is 0 Å². The van der Waals surface area contributed by atoms with Crippen molar-refractivity contribution in [2.45, 2.75) is 45.2 Å². The number of halogens is 2. The molecule has 2 N–H and O–H groups in total. The van der Waals surface area contributed by atoms with E-state index in [0.717, 1.165) is 12.1 Å². The van der Waals surface area contributed by atoms with E-state index >= 15 is 0 Å². The zero-order valence-corrected chi connectivity index (χ0v) is 12.5. The average molecular weight is 301 g/mol. The second-order valence-electron chi connectivity index (χ2n) is 5.46. The van der Waals surface area contributed by atoms with Gasteiger partial charge in [-0.15, -0.1) is 0 Å². The van der Waals surface area contributed by atoms with Gasteiger partial charge < -0.3 is 9.84 Å². The van der Waals surface area contributed by atoms with E-state index in [1.54, 1.807) is 6.92 Å². The Morgan fingerprint density at radius 3 is 2.57 bits per heavy atom. The number of nitrogens with one attached hydrogen (secondary N) is 1. The number of carboxylic acids is 1. The van der Waals surface area contributed by atoms with Gasteiger partial charge in [0.2, 0.25) is 0 Å². The monoisotopic (exact) mass is 301 g/mol. The van der Waals surface area contributed by atoms with Crippen molar-refractivity contribution >= 4 is 5.97 Å². The van der Waals surface area contributed by atoms with E-state index in [1.165, 1.54) is 6.07 Å². The second-order valence-corrected chi connectivity index (χ2v) is 5.46. The molecule has 1 aromatic rings. The lowest BCUT2D eigenvalue weighted by molar-refractivity contribution is -0.144. The summed E-state index contributed by atoms with van der Waals surface area (Å²) in [6, 6.07) is 3.34. The average Bonchev–Trinajstić information content (AvgIpc) is 2.38. The van der Waals surface area contributed by atoms with Crippen LogP contribution in [-0.2, 0) is 4.79 Å². The number of benzene rings is 1. The highest BCUT2D eigenvalue weighted by Gasteiger charge is 2.32. The van der Waals surface area contributed by atoms with E-state index in [0.29, 0.717) is 12.8 Å². The summed E-state index contributed by atoms with van der Waals surface area (Å²) in [7, 11) is 0. The van der Waals surface area contributed by atoms with Crippen LogP contribution in [0.5, 0.6) is 5.75 Å². The minimum absolute atomic E-state index is 0.0400. The molecule has 1 atom stereocenters. The fraction of sp³-hybridized carbons (Fsp3) is 0.533. The molecule has 0 radical (unpaired) electrons. The summed E-state index contributed by atoms with van der Waals surface area (Å²) in [5.41, 5.74) is -1.04. The predicted octanol–water partition coefficient (Wildman–Crippen LogP) is 2.97. The molecule has 4 nitrogen and oxygen atoms in total. The summed E-state index contributed by atoms with van der Waals surface area (Å²) in [5, 5.41) is 12.3. The van der Waals surface area contributed by atoms with Crippen molar-refractivity contribution in [3.63, 3.8) is 0 Å². The first-order chi connectivity index (χ1) is 9.74. The van der Waals surface area contributed by atoms with Crippen molar-refractivity contribution in [3.8, 4) is 5.75 Å². The third-order valence-corrected chi connectivity index (χ3v) is 3.06. The van der Waals surface area contributed by atoms with Crippen LogP contribution < -0.4 is 10.1 Å². The van der Waals surface area contributed by atoms with Gasteiger partial charge in [0.15, 0.2) is 11.6 Å². The lowest BCUT2D eigenvalue weighted by Gasteiger charge is -2.28. The molecule has 0 aliphatic heterocycles. The molecule has 1 unspecified atom stereocenters. The number of ether oxygens (including phenoxy) is 1. The smallest absolute Gasteiger partial charge is 0.323 e. The molecule has 0 heterocycles. The highest BCUT2D eigenvalue weighted by atomic mass is 19.2. The van der Waals surface area contributed by atoms with Gasteiger partial charge in [0.1, 0.15) is 11.3 Å². The highest BCUT2D eigenvalue weighted by Crippen LogP contribution is 2.18. The summed E-state index contributed by atoms with van der Waals surface area (Å²) >= 11 is 0. The van der Waals surface area contributed by atoms with Crippen LogP contribution >= 0.6 is 0 Å². The molecule has 0 aliphatic rings. The minimum Gasteiger partial charge on any atom is -0.493 e. The Balaban J connectivity index is 2.47. The van der Waals surface area contributed by atoms with Crippen LogP contribution in [0.25, 0.3) is 0 Å². The lowest BCUT2D eigenvalue weighted by atomic mass is 9.95. The topological polar surface area (TPSA) is 58.6 Å². The molecule has 1 rings (SSSR count). The second kappa shape index (κ2) is 7.36. The Hall–Kier alpha value is -1.69. The van der Waals surface area contributed by atoms with Crippen LogP contribution in [0.1, 0.15) is 33.6 Å². The Morgan fingerprint density at radius 2 is 2.05 bits per heavy atom. The molecule has 0 fully saturated rings. The van der Waals surface area contributed by atoms with Gasteiger partial charge in [-0.05, 0) is 45.7 Å². The molecule has 0 amide bonds. The summed E-state index contributed by atoms with van der Waals surface area (Å²) in [6.07, 6.45) is 0.839. The molecule has 118 valence electrons. The molecule has 0 aliphatic carbocycles. The highest BCUT2D eigenvalue weighted by molar-refractivity contribution is 5.78. The number of rotatable bonds is 8. The van der Waals surface area contributed by atoms with E-state index in [-0.39, 0.29) is 18.4 Å². The van der Waals surface area contributed by atoms with Crippen LogP contribution in [0.2, 0.25) is 0 Å². The molecule has 6 heteroatoms. The van der Waals surface area contributed by atoms with Crippen molar-refractivity contribution in [3.05, 3.63) is 29.8 Å². The maximum Gasteiger partial charge on any atom is 0.323 e. The number of aliphatic carboxylic acids is 1. The van der Waals surface area contributed by atoms with E-state index in [2.05, 4.69) is 5.32 Å². The van der Waals surface area contributed by atoms with Crippen LogP contribution in [0.4, 0.5) is 8.78 Å².